The Labute approximate surface area is 161 Å². The molecule has 0 amide bonds. The zero-order valence-electron chi connectivity index (χ0n) is 16.7. The lowest BCUT2D eigenvalue weighted by molar-refractivity contribution is -0.126. The van der Waals surface area contributed by atoms with Crippen LogP contribution in [0.2, 0.25) is 0 Å². The normalized spacial score (nSPS) is 11.1. The number of methoxy groups -OCH3 is 2. The number of ether oxygens (including phenoxy) is 2. The van der Waals surface area contributed by atoms with Gasteiger partial charge in [-0.1, -0.05) is 37.6 Å². The molecule has 0 aliphatic rings. The average molecular weight is 371 g/mol. The van der Waals surface area contributed by atoms with Gasteiger partial charge in [-0.25, -0.2) is 0 Å². The van der Waals surface area contributed by atoms with Crippen LogP contribution in [0.4, 0.5) is 0 Å². The van der Waals surface area contributed by atoms with Crippen molar-refractivity contribution in [3.63, 3.8) is 0 Å². The minimum atomic E-state index is -0.527. The van der Waals surface area contributed by atoms with E-state index in [0.717, 1.165) is 35.3 Å². The fourth-order valence-electron chi connectivity index (χ4n) is 2.59. The fraction of sp³-hybridized carbons (Fsp3) is 0.364. The molecule has 0 saturated carbocycles. The monoisotopic (exact) mass is 371 g/mol. The zero-order chi connectivity index (χ0) is 20.4. The predicted octanol–water partition coefficient (Wildman–Crippen LogP) is 4.84. The largest absolute Gasteiger partial charge is 0.508 e. The smallest absolute Gasteiger partial charge is 0.163 e. The zero-order valence-corrected chi connectivity index (χ0v) is 16.7. The molecule has 0 heterocycles. The molecule has 0 saturated heterocycles. The van der Waals surface area contributed by atoms with Gasteiger partial charge in [0.1, 0.15) is 17.6 Å². The number of carbonyl (C=O) groups is 1. The third-order valence-electron chi connectivity index (χ3n) is 4.06. The van der Waals surface area contributed by atoms with Crippen LogP contribution in [0.5, 0.6) is 11.5 Å². The first-order chi connectivity index (χ1) is 12.8. The number of hydrogen-bond donors (Lipinski definition) is 2. The summed E-state index contributed by atoms with van der Waals surface area (Å²) in [6.07, 6.45) is 1.31. The van der Waals surface area contributed by atoms with Crippen molar-refractivity contribution in [1.29, 1.82) is 5.41 Å². The van der Waals surface area contributed by atoms with Crippen molar-refractivity contribution >= 4 is 11.5 Å². The molecule has 0 aromatic heterocycles. The van der Waals surface area contributed by atoms with E-state index in [9.17, 15) is 4.79 Å². The van der Waals surface area contributed by atoms with Crippen LogP contribution in [-0.2, 0) is 9.53 Å². The van der Waals surface area contributed by atoms with Crippen molar-refractivity contribution in [1.82, 2.24) is 0 Å². The molecule has 2 aromatic rings. The molecule has 2 rings (SSSR count). The molecule has 0 fully saturated rings. The van der Waals surface area contributed by atoms with Gasteiger partial charge in [0.25, 0.3) is 0 Å². The molecule has 27 heavy (non-hydrogen) atoms. The third-order valence-corrected chi connectivity index (χ3v) is 4.06. The van der Waals surface area contributed by atoms with E-state index < -0.39 is 6.10 Å². The molecular formula is C22H29NO4. The summed E-state index contributed by atoms with van der Waals surface area (Å²) in [5, 5.41) is 16.8. The highest BCUT2D eigenvalue weighted by Crippen LogP contribution is 2.21. The average Bonchev–Trinajstić information content (AvgIpc) is 2.64. The van der Waals surface area contributed by atoms with E-state index in [1.54, 1.807) is 19.2 Å². The molecule has 0 radical (unpaired) electrons. The number of hydrogen-bond acceptors (Lipinski definition) is 5. The van der Waals surface area contributed by atoms with Crippen LogP contribution in [0.15, 0.2) is 42.5 Å². The van der Waals surface area contributed by atoms with E-state index in [2.05, 4.69) is 6.92 Å². The molecule has 5 nitrogen and oxygen atoms in total. The minimum Gasteiger partial charge on any atom is -0.508 e. The van der Waals surface area contributed by atoms with E-state index in [4.69, 9.17) is 20.0 Å². The number of aromatic hydroxyl groups is 1. The maximum atomic E-state index is 11.1. The Hall–Kier alpha value is -2.66. The highest BCUT2D eigenvalue weighted by atomic mass is 16.5. The van der Waals surface area contributed by atoms with E-state index >= 15 is 0 Å². The molecule has 2 aromatic carbocycles. The molecule has 2 N–H and O–H groups in total. The minimum absolute atomic E-state index is 0.0480. The summed E-state index contributed by atoms with van der Waals surface area (Å²) < 4.78 is 10.2. The Bertz CT molecular complexity index is 753. The summed E-state index contributed by atoms with van der Waals surface area (Å²) in [4.78, 5) is 11.1. The molecule has 0 bridgehead atoms. The Kier molecular flexibility index (Phi) is 9.23. The van der Waals surface area contributed by atoms with Gasteiger partial charge in [-0.3, -0.25) is 4.79 Å². The number of rotatable bonds is 7. The standard InChI is InChI=1S/C12H17NO.C10H12O3/c1-4-5-11(13)10-7-6-9(2)12(8-10)14-3;1-7(11)10(13-2)8-3-5-9(12)6-4-8/h6-8,13H,4-5H2,1-3H3;3-6,10,12H,1-2H3. The molecule has 0 aliphatic heterocycles. The predicted molar refractivity (Wildman–Crippen MR) is 108 cm³/mol. The van der Waals surface area contributed by atoms with Crippen LogP contribution in [0.1, 0.15) is 49.5 Å². The second kappa shape index (κ2) is 11.1. The van der Waals surface area contributed by atoms with E-state index in [1.807, 2.05) is 25.1 Å². The Morgan fingerprint density at radius 3 is 2.26 bits per heavy atom. The molecule has 0 aliphatic carbocycles. The first-order valence-electron chi connectivity index (χ1n) is 8.88. The van der Waals surface area contributed by atoms with Gasteiger partial charge in [-0.05, 0) is 55.2 Å². The molecule has 0 spiro atoms. The lowest BCUT2D eigenvalue weighted by Crippen LogP contribution is -2.10. The Balaban J connectivity index is 0.000000271. The number of benzene rings is 2. The molecule has 1 atom stereocenters. The van der Waals surface area contributed by atoms with Crippen LogP contribution < -0.4 is 4.74 Å². The molecule has 1 unspecified atom stereocenters. The van der Waals surface area contributed by atoms with Gasteiger partial charge < -0.3 is 20.0 Å². The molecular weight excluding hydrogens is 342 g/mol. The van der Waals surface area contributed by atoms with Crippen molar-refractivity contribution in [2.75, 3.05) is 14.2 Å². The lowest BCUT2D eigenvalue weighted by Gasteiger charge is -2.11. The van der Waals surface area contributed by atoms with Crippen LogP contribution >= 0.6 is 0 Å². The summed E-state index contributed by atoms with van der Waals surface area (Å²) >= 11 is 0. The third kappa shape index (κ3) is 6.87. The number of phenols is 1. The SMILES string of the molecule is CCCC(=N)c1ccc(C)c(OC)c1.COC(C(C)=O)c1ccc(O)cc1. The molecule has 146 valence electrons. The molecule has 5 heteroatoms. The van der Waals surface area contributed by atoms with Gasteiger partial charge in [-0.2, -0.15) is 0 Å². The van der Waals surface area contributed by atoms with Crippen LogP contribution in [0.25, 0.3) is 0 Å². The van der Waals surface area contributed by atoms with Crippen molar-refractivity contribution in [2.45, 2.75) is 39.7 Å². The number of nitrogens with one attached hydrogen (secondary N) is 1. The quantitative estimate of drug-likeness (QED) is 0.683. The summed E-state index contributed by atoms with van der Waals surface area (Å²) in [5.41, 5.74) is 3.52. The van der Waals surface area contributed by atoms with Gasteiger partial charge >= 0.3 is 0 Å². The summed E-state index contributed by atoms with van der Waals surface area (Å²) in [5.74, 6) is 0.999. The van der Waals surface area contributed by atoms with Gasteiger partial charge in [0.05, 0.1) is 7.11 Å². The maximum Gasteiger partial charge on any atom is 0.163 e. The number of Topliss-reactive ketones (excluding diaryl/α,β-unsaturated/α-hetero) is 1. The van der Waals surface area contributed by atoms with Crippen molar-refractivity contribution in [3.8, 4) is 11.5 Å². The van der Waals surface area contributed by atoms with Crippen molar-refractivity contribution in [2.24, 2.45) is 0 Å². The highest BCUT2D eigenvalue weighted by molar-refractivity contribution is 5.98. The van der Waals surface area contributed by atoms with E-state index in [1.165, 1.54) is 26.2 Å². The van der Waals surface area contributed by atoms with E-state index in [0.29, 0.717) is 5.71 Å². The van der Waals surface area contributed by atoms with Crippen LogP contribution in [0, 0.1) is 12.3 Å². The first kappa shape index (κ1) is 22.4. The van der Waals surface area contributed by atoms with Gasteiger partial charge in [0.2, 0.25) is 0 Å². The second-order valence-corrected chi connectivity index (χ2v) is 6.23. The van der Waals surface area contributed by atoms with Crippen LogP contribution in [0.3, 0.4) is 0 Å². The topological polar surface area (TPSA) is 79.6 Å². The van der Waals surface area contributed by atoms with Gasteiger partial charge in [0, 0.05) is 12.8 Å². The number of aryl methyl sites for hydroxylation is 1. The summed E-state index contributed by atoms with van der Waals surface area (Å²) in [6, 6.07) is 12.3. The number of phenolic OH excluding ortho intramolecular Hbond substituents is 1. The maximum absolute atomic E-state index is 11.1. The van der Waals surface area contributed by atoms with Gasteiger partial charge in [0.15, 0.2) is 5.78 Å². The Morgan fingerprint density at radius 2 is 1.78 bits per heavy atom. The lowest BCUT2D eigenvalue weighted by atomic mass is 10.0. The fourth-order valence-corrected chi connectivity index (χ4v) is 2.59. The van der Waals surface area contributed by atoms with Crippen molar-refractivity contribution in [3.05, 3.63) is 59.2 Å². The van der Waals surface area contributed by atoms with Gasteiger partial charge in [-0.15, -0.1) is 0 Å². The summed E-state index contributed by atoms with van der Waals surface area (Å²) in [6.45, 7) is 5.56. The first-order valence-corrected chi connectivity index (χ1v) is 8.88. The second-order valence-electron chi connectivity index (χ2n) is 6.23. The highest BCUT2D eigenvalue weighted by Gasteiger charge is 2.14. The van der Waals surface area contributed by atoms with Crippen molar-refractivity contribution < 1.29 is 19.4 Å². The van der Waals surface area contributed by atoms with E-state index in [-0.39, 0.29) is 11.5 Å². The Morgan fingerprint density at radius 1 is 1.15 bits per heavy atom. The van der Waals surface area contributed by atoms with Crippen LogP contribution in [-0.4, -0.2) is 30.8 Å². The summed E-state index contributed by atoms with van der Waals surface area (Å²) in [7, 11) is 3.15. The number of ketones is 1. The number of carbonyl (C=O) groups excluding carboxylic acids is 1.